The number of furan rings is 1. The molecule has 3 aliphatic rings. The number of nitrogens with one attached hydrogen (secondary N) is 2. The third-order valence-corrected chi connectivity index (χ3v) is 5.59. The molecule has 132 valence electrons. The minimum atomic E-state index is -0.321. The maximum absolute atomic E-state index is 12.2. The first-order valence-electron chi connectivity index (χ1n) is 9.13. The molecule has 2 heterocycles. The molecule has 2 fully saturated rings. The Bertz CT molecular complexity index is 569. The fourth-order valence-electron chi connectivity index (χ4n) is 4.19. The number of aryl methyl sites for hydroxylation is 1. The highest BCUT2D eigenvalue weighted by Gasteiger charge is 2.40. The number of urea groups is 1. The fourth-order valence-corrected chi connectivity index (χ4v) is 4.19. The molecule has 1 saturated heterocycles. The summed E-state index contributed by atoms with van der Waals surface area (Å²) in [5.74, 6) is 1.20. The monoisotopic (exact) mass is 334 g/mol. The molecule has 6 heteroatoms. The molecular weight excluding hydrogens is 308 g/mol. The molecule has 0 aromatic carbocycles. The third-order valence-electron chi connectivity index (χ3n) is 5.59. The Morgan fingerprint density at radius 3 is 2.79 bits per heavy atom. The Hall–Kier alpha value is -1.53. The van der Waals surface area contributed by atoms with Crippen LogP contribution >= 0.6 is 0 Å². The van der Waals surface area contributed by atoms with Crippen molar-refractivity contribution in [2.45, 2.75) is 56.8 Å². The topological polar surface area (TPSA) is 72.7 Å². The molecule has 1 aromatic rings. The van der Waals surface area contributed by atoms with Crippen molar-refractivity contribution in [3.63, 3.8) is 0 Å². The van der Waals surface area contributed by atoms with Crippen molar-refractivity contribution < 1.29 is 18.7 Å². The zero-order valence-corrected chi connectivity index (χ0v) is 14.0. The van der Waals surface area contributed by atoms with Crippen molar-refractivity contribution in [3.05, 3.63) is 23.7 Å². The van der Waals surface area contributed by atoms with E-state index in [0.717, 1.165) is 56.3 Å². The highest BCUT2D eigenvalue weighted by molar-refractivity contribution is 5.74. The van der Waals surface area contributed by atoms with Crippen molar-refractivity contribution in [1.82, 2.24) is 10.6 Å². The van der Waals surface area contributed by atoms with Crippen molar-refractivity contribution in [1.29, 1.82) is 0 Å². The predicted octanol–water partition coefficient (Wildman–Crippen LogP) is 2.89. The van der Waals surface area contributed by atoms with Gasteiger partial charge in [0.05, 0.1) is 25.5 Å². The Morgan fingerprint density at radius 2 is 2.00 bits per heavy atom. The number of rotatable bonds is 3. The lowest BCUT2D eigenvalue weighted by Gasteiger charge is -2.35. The average Bonchev–Trinajstić information content (AvgIpc) is 3.25. The van der Waals surface area contributed by atoms with E-state index in [9.17, 15) is 4.79 Å². The van der Waals surface area contributed by atoms with Gasteiger partial charge in [-0.05, 0) is 37.7 Å². The van der Waals surface area contributed by atoms with Gasteiger partial charge in [-0.2, -0.15) is 0 Å². The lowest BCUT2D eigenvalue weighted by Crippen LogP contribution is -2.43. The Morgan fingerprint density at radius 1 is 1.21 bits per heavy atom. The van der Waals surface area contributed by atoms with E-state index in [1.165, 1.54) is 0 Å². The average molecular weight is 334 g/mol. The van der Waals surface area contributed by atoms with Crippen LogP contribution in [0.2, 0.25) is 0 Å². The lowest BCUT2D eigenvalue weighted by molar-refractivity contribution is -0.182. The fraction of sp³-hybridized carbons (Fsp3) is 0.722. The summed E-state index contributed by atoms with van der Waals surface area (Å²) >= 11 is 0. The van der Waals surface area contributed by atoms with Gasteiger partial charge in [-0.3, -0.25) is 0 Å². The van der Waals surface area contributed by atoms with E-state index in [-0.39, 0.29) is 17.9 Å². The molecule has 1 spiro atoms. The molecule has 1 atom stereocenters. The second kappa shape index (κ2) is 6.76. The first-order valence-corrected chi connectivity index (χ1v) is 9.13. The van der Waals surface area contributed by atoms with Crippen molar-refractivity contribution in [3.8, 4) is 0 Å². The van der Waals surface area contributed by atoms with Gasteiger partial charge in [0, 0.05) is 31.4 Å². The Labute approximate surface area is 142 Å². The number of amides is 2. The minimum Gasteiger partial charge on any atom is -0.469 e. The Kier molecular flexibility index (Phi) is 4.50. The molecule has 1 saturated carbocycles. The van der Waals surface area contributed by atoms with Crippen LogP contribution in [0.25, 0.3) is 0 Å². The summed E-state index contributed by atoms with van der Waals surface area (Å²) in [6, 6.07) is 1.96. The van der Waals surface area contributed by atoms with Crippen molar-refractivity contribution in [2.24, 2.45) is 5.92 Å². The Balaban J connectivity index is 1.22. The van der Waals surface area contributed by atoms with Crippen LogP contribution in [0.15, 0.2) is 16.7 Å². The van der Waals surface area contributed by atoms with E-state index < -0.39 is 0 Å². The standard InChI is InChI=1S/C18H26N2O4/c21-17(20-15-2-1-3-16-14(15)6-9-22-16)19-12-13-4-7-18(8-5-13)23-10-11-24-18/h6,9,13,15H,1-5,7-8,10-12H2,(H2,19,20,21). The number of hydrogen-bond acceptors (Lipinski definition) is 4. The van der Waals surface area contributed by atoms with E-state index in [2.05, 4.69) is 10.6 Å². The number of hydrogen-bond donors (Lipinski definition) is 2. The first-order chi connectivity index (χ1) is 11.7. The van der Waals surface area contributed by atoms with Gasteiger partial charge in [0.25, 0.3) is 0 Å². The molecule has 2 N–H and O–H groups in total. The van der Waals surface area contributed by atoms with E-state index >= 15 is 0 Å². The third kappa shape index (κ3) is 3.30. The summed E-state index contributed by atoms with van der Waals surface area (Å²) < 4.78 is 17.0. The second-order valence-corrected chi connectivity index (χ2v) is 7.15. The lowest BCUT2D eigenvalue weighted by atomic mass is 9.85. The quantitative estimate of drug-likeness (QED) is 0.891. The van der Waals surface area contributed by atoms with Crippen LogP contribution in [0.5, 0.6) is 0 Å². The molecule has 1 aliphatic heterocycles. The molecule has 4 rings (SSSR count). The molecule has 0 radical (unpaired) electrons. The van der Waals surface area contributed by atoms with Crippen molar-refractivity contribution in [2.75, 3.05) is 19.8 Å². The highest BCUT2D eigenvalue weighted by atomic mass is 16.7. The summed E-state index contributed by atoms with van der Waals surface area (Å²) in [6.07, 6.45) is 8.65. The molecule has 6 nitrogen and oxygen atoms in total. The van der Waals surface area contributed by atoms with E-state index in [1.54, 1.807) is 6.26 Å². The van der Waals surface area contributed by atoms with Gasteiger partial charge in [0.1, 0.15) is 5.76 Å². The largest absolute Gasteiger partial charge is 0.469 e. The summed E-state index contributed by atoms with van der Waals surface area (Å²) in [5.41, 5.74) is 1.13. The predicted molar refractivity (Wildman–Crippen MR) is 87.5 cm³/mol. The van der Waals surface area contributed by atoms with Gasteiger partial charge in [-0.25, -0.2) is 4.79 Å². The smallest absolute Gasteiger partial charge is 0.315 e. The van der Waals surface area contributed by atoms with Gasteiger partial charge in [-0.1, -0.05) is 0 Å². The van der Waals surface area contributed by atoms with Crippen LogP contribution < -0.4 is 10.6 Å². The molecule has 1 aromatic heterocycles. The van der Waals surface area contributed by atoms with Crippen LogP contribution in [-0.2, 0) is 15.9 Å². The van der Waals surface area contributed by atoms with Crippen LogP contribution in [0.4, 0.5) is 4.79 Å². The first kappa shape index (κ1) is 16.0. The van der Waals surface area contributed by atoms with Gasteiger partial charge in [-0.15, -0.1) is 0 Å². The molecule has 2 amide bonds. The number of carbonyl (C=O) groups is 1. The van der Waals surface area contributed by atoms with Gasteiger partial charge < -0.3 is 24.5 Å². The summed E-state index contributed by atoms with van der Waals surface area (Å²) in [5, 5.41) is 6.13. The second-order valence-electron chi connectivity index (χ2n) is 7.15. The van der Waals surface area contributed by atoms with Crippen LogP contribution in [0.3, 0.4) is 0 Å². The molecule has 0 bridgehead atoms. The van der Waals surface area contributed by atoms with Gasteiger partial charge in [0.15, 0.2) is 5.79 Å². The van der Waals surface area contributed by atoms with Crippen molar-refractivity contribution >= 4 is 6.03 Å². The molecule has 2 aliphatic carbocycles. The van der Waals surface area contributed by atoms with Gasteiger partial charge in [0.2, 0.25) is 0 Å². The number of ether oxygens (including phenoxy) is 2. The summed E-state index contributed by atoms with van der Waals surface area (Å²) in [7, 11) is 0. The molecule has 1 unspecified atom stereocenters. The van der Waals surface area contributed by atoms with E-state index in [4.69, 9.17) is 13.9 Å². The van der Waals surface area contributed by atoms with E-state index in [0.29, 0.717) is 25.7 Å². The zero-order chi connectivity index (χ0) is 16.4. The van der Waals surface area contributed by atoms with Crippen LogP contribution in [0, 0.1) is 5.92 Å². The minimum absolute atomic E-state index is 0.0717. The summed E-state index contributed by atoms with van der Waals surface area (Å²) in [4.78, 5) is 12.2. The normalized spacial score (nSPS) is 26.2. The maximum Gasteiger partial charge on any atom is 0.315 e. The number of carbonyl (C=O) groups excluding carboxylic acids is 1. The van der Waals surface area contributed by atoms with E-state index in [1.807, 2.05) is 6.07 Å². The zero-order valence-electron chi connectivity index (χ0n) is 14.0. The van der Waals surface area contributed by atoms with Crippen LogP contribution in [-0.4, -0.2) is 31.6 Å². The summed E-state index contributed by atoms with van der Waals surface area (Å²) in [6.45, 7) is 2.14. The number of fused-ring (bicyclic) bond motifs is 1. The molecule has 24 heavy (non-hydrogen) atoms. The maximum atomic E-state index is 12.2. The van der Waals surface area contributed by atoms with Gasteiger partial charge >= 0.3 is 6.03 Å². The van der Waals surface area contributed by atoms with Crippen LogP contribution in [0.1, 0.15) is 55.9 Å². The highest BCUT2D eigenvalue weighted by Crippen LogP contribution is 2.38. The SMILES string of the molecule is O=C(NCC1CCC2(CC1)OCCO2)NC1CCCc2occc21. The molecular formula is C18H26N2O4.